The van der Waals surface area contributed by atoms with Gasteiger partial charge in [-0.3, -0.25) is 0 Å². The molecule has 4 heteroatoms. The smallest absolute Gasteiger partial charge is 0.228 e. The molecule has 0 aliphatic rings. The molecule has 0 aliphatic heterocycles. The topological polar surface area (TPSA) is 62.5 Å². The molecule has 27 heavy (non-hydrogen) atoms. The summed E-state index contributed by atoms with van der Waals surface area (Å²) >= 11 is 0. The van der Waals surface area contributed by atoms with Crippen LogP contribution in [-0.4, -0.2) is 11.4 Å². The van der Waals surface area contributed by atoms with Crippen molar-refractivity contribution in [2.45, 2.75) is 25.1 Å². The van der Waals surface area contributed by atoms with E-state index in [0.717, 1.165) is 11.1 Å². The van der Waals surface area contributed by atoms with E-state index in [4.69, 9.17) is 9.47 Å². The molecule has 1 unspecified atom stereocenters. The number of hydrogen-bond donors (Lipinski definition) is 1. The van der Waals surface area contributed by atoms with Gasteiger partial charge in [-0.05, 0) is 11.1 Å². The fourth-order valence-corrected chi connectivity index (χ4v) is 2.73. The summed E-state index contributed by atoms with van der Waals surface area (Å²) in [6.07, 6.45) is -1.15. The van der Waals surface area contributed by atoms with Gasteiger partial charge in [0.15, 0.2) is 0 Å². The van der Waals surface area contributed by atoms with Crippen molar-refractivity contribution in [3.8, 4) is 6.07 Å². The lowest BCUT2D eigenvalue weighted by molar-refractivity contribution is -0.234. The molecule has 0 bridgehead atoms. The van der Waals surface area contributed by atoms with Crippen molar-refractivity contribution in [2.24, 2.45) is 0 Å². The molecule has 0 aliphatic carbocycles. The molecule has 0 radical (unpaired) electrons. The highest BCUT2D eigenvalue weighted by molar-refractivity contribution is 5.29. The van der Waals surface area contributed by atoms with Crippen LogP contribution in [0.25, 0.3) is 0 Å². The molecule has 136 valence electrons. The van der Waals surface area contributed by atoms with Crippen molar-refractivity contribution in [2.75, 3.05) is 0 Å². The van der Waals surface area contributed by atoms with E-state index in [2.05, 4.69) is 0 Å². The molecule has 3 aromatic carbocycles. The molecule has 3 rings (SSSR count). The highest BCUT2D eigenvalue weighted by Gasteiger charge is 2.41. The van der Waals surface area contributed by atoms with Crippen LogP contribution < -0.4 is 0 Å². The summed E-state index contributed by atoms with van der Waals surface area (Å²) in [5, 5.41) is 20.8. The lowest BCUT2D eigenvalue weighted by atomic mass is 9.94. The Morgan fingerprint density at radius 1 is 0.741 bits per heavy atom. The molecule has 3 aromatic rings. The Kier molecular flexibility index (Phi) is 6.35. The first-order valence-electron chi connectivity index (χ1n) is 8.72. The van der Waals surface area contributed by atoms with Crippen LogP contribution in [0.5, 0.6) is 0 Å². The van der Waals surface area contributed by atoms with Crippen LogP contribution in [0.15, 0.2) is 91.0 Å². The molecule has 0 fully saturated rings. The van der Waals surface area contributed by atoms with Crippen LogP contribution in [0, 0.1) is 11.3 Å². The zero-order chi connectivity index (χ0) is 19.0. The van der Waals surface area contributed by atoms with Gasteiger partial charge in [-0.25, -0.2) is 0 Å². The van der Waals surface area contributed by atoms with Crippen molar-refractivity contribution in [3.63, 3.8) is 0 Å². The van der Waals surface area contributed by atoms with Crippen molar-refractivity contribution in [1.82, 2.24) is 0 Å². The standard InChI is InChI=1S/C23H21NO3/c24-18-23(25,21-14-8-3-9-15-21)22(26-16-19-10-4-1-5-11-19)27-17-20-12-6-2-7-13-20/h1-15,22,25H,16-17H2. The summed E-state index contributed by atoms with van der Waals surface area (Å²) < 4.78 is 11.7. The molecule has 1 atom stereocenters. The number of nitriles is 1. The zero-order valence-corrected chi connectivity index (χ0v) is 14.9. The number of aliphatic hydroxyl groups is 1. The third-order valence-corrected chi connectivity index (χ3v) is 4.21. The Balaban J connectivity index is 1.82. The van der Waals surface area contributed by atoms with Crippen LogP contribution in [-0.2, 0) is 28.3 Å². The third kappa shape index (κ3) is 4.81. The molecule has 4 nitrogen and oxygen atoms in total. The van der Waals surface area contributed by atoms with Crippen molar-refractivity contribution >= 4 is 0 Å². The van der Waals surface area contributed by atoms with Gasteiger partial charge in [-0.15, -0.1) is 0 Å². The minimum atomic E-state index is -1.93. The average molecular weight is 359 g/mol. The van der Waals surface area contributed by atoms with Crippen molar-refractivity contribution in [1.29, 1.82) is 5.26 Å². The predicted molar refractivity (Wildman–Crippen MR) is 102 cm³/mol. The highest BCUT2D eigenvalue weighted by atomic mass is 16.7. The molecule has 0 saturated carbocycles. The predicted octanol–water partition coefficient (Wildman–Crippen LogP) is 4.16. The van der Waals surface area contributed by atoms with E-state index in [1.807, 2.05) is 72.8 Å². The molecule has 1 N–H and O–H groups in total. The second-order valence-corrected chi connectivity index (χ2v) is 6.17. The number of nitrogens with zero attached hydrogens (tertiary/aromatic N) is 1. The fraction of sp³-hybridized carbons (Fsp3) is 0.174. The maximum absolute atomic E-state index is 11.1. The number of benzene rings is 3. The molecular formula is C23H21NO3. The maximum atomic E-state index is 11.1. The molecule has 0 spiro atoms. The fourth-order valence-electron chi connectivity index (χ4n) is 2.73. The second-order valence-electron chi connectivity index (χ2n) is 6.17. The van der Waals surface area contributed by atoms with Gasteiger partial charge in [-0.1, -0.05) is 91.0 Å². The van der Waals surface area contributed by atoms with Gasteiger partial charge < -0.3 is 14.6 Å². The van der Waals surface area contributed by atoms with Gasteiger partial charge in [-0.2, -0.15) is 5.26 Å². The minimum absolute atomic E-state index is 0.219. The van der Waals surface area contributed by atoms with Gasteiger partial charge in [0.05, 0.1) is 13.2 Å². The summed E-state index contributed by atoms with van der Waals surface area (Å²) in [5.74, 6) is 0. The number of ether oxygens (including phenoxy) is 2. The van der Waals surface area contributed by atoms with E-state index in [9.17, 15) is 10.4 Å². The Bertz CT molecular complexity index is 819. The van der Waals surface area contributed by atoms with Gasteiger partial charge >= 0.3 is 0 Å². The Labute approximate surface area is 159 Å². The lowest BCUT2D eigenvalue weighted by Crippen LogP contribution is -2.42. The Morgan fingerprint density at radius 3 is 1.56 bits per heavy atom. The molecule has 0 aromatic heterocycles. The minimum Gasteiger partial charge on any atom is -0.368 e. The number of rotatable bonds is 8. The second kappa shape index (κ2) is 9.11. The highest BCUT2D eigenvalue weighted by Crippen LogP contribution is 2.29. The van der Waals surface area contributed by atoms with Gasteiger partial charge in [0.1, 0.15) is 6.07 Å². The first kappa shape index (κ1) is 18.8. The summed E-state index contributed by atoms with van der Waals surface area (Å²) in [6, 6.07) is 29.9. The molecule has 0 heterocycles. The first-order chi connectivity index (χ1) is 13.2. The van der Waals surface area contributed by atoms with E-state index in [1.54, 1.807) is 24.3 Å². The monoisotopic (exact) mass is 359 g/mol. The SMILES string of the molecule is N#CC(O)(c1ccccc1)C(OCc1ccccc1)OCc1ccccc1. The van der Waals surface area contributed by atoms with Crippen LogP contribution in [0.1, 0.15) is 16.7 Å². The summed E-state index contributed by atoms with van der Waals surface area (Å²) in [4.78, 5) is 0. The molecular weight excluding hydrogens is 338 g/mol. The van der Waals surface area contributed by atoms with Gasteiger partial charge in [0, 0.05) is 5.56 Å². The Morgan fingerprint density at radius 2 is 1.15 bits per heavy atom. The van der Waals surface area contributed by atoms with Crippen LogP contribution >= 0.6 is 0 Å². The van der Waals surface area contributed by atoms with E-state index in [1.165, 1.54) is 0 Å². The zero-order valence-electron chi connectivity index (χ0n) is 14.9. The first-order valence-corrected chi connectivity index (χ1v) is 8.72. The number of hydrogen-bond acceptors (Lipinski definition) is 4. The Hall–Kier alpha value is -2.97. The van der Waals surface area contributed by atoms with E-state index >= 15 is 0 Å². The van der Waals surface area contributed by atoms with Crippen LogP contribution in [0.2, 0.25) is 0 Å². The van der Waals surface area contributed by atoms with E-state index in [0.29, 0.717) is 5.56 Å². The largest absolute Gasteiger partial charge is 0.368 e. The average Bonchev–Trinajstić information content (AvgIpc) is 2.75. The van der Waals surface area contributed by atoms with Crippen LogP contribution in [0.4, 0.5) is 0 Å². The molecule has 0 amide bonds. The van der Waals surface area contributed by atoms with E-state index < -0.39 is 11.9 Å². The summed E-state index contributed by atoms with van der Waals surface area (Å²) in [5.41, 5.74) is 0.363. The summed E-state index contributed by atoms with van der Waals surface area (Å²) in [6.45, 7) is 0.439. The normalized spacial score (nSPS) is 13.1. The van der Waals surface area contributed by atoms with Crippen molar-refractivity contribution < 1.29 is 14.6 Å². The quantitative estimate of drug-likeness (QED) is 0.485. The third-order valence-electron chi connectivity index (χ3n) is 4.21. The van der Waals surface area contributed by atoms with Crippen molar-refractivity contribution in [3.05, 3.63) is 108 Å². The van der Waals surface area contributed by atoms with Crippen LogP contribution in [0.3, 0.4) is 0 Å². The maximum Gasteiger partial charge on any atom is 0.228 e. The van der Waals surface area contributed by atoms with Gasteiger partial charge in [0.25, 0.3) is 0 Å². The van der Waals surface area contributed by atoms with E-state index in [-0.39, 0.29) is 13.2 Å². The summed E-state index contributed by atoms with van der Waals surface area (Å²) in [7, 11) is 0. The lowest BCUT2D eigenvalue weighted by Gasteiger charge is -2.30. The van der Waals surface area contributed by atoms with Gasteiger partial charge in [0.2, 0.25) is 11.9 Å². The molecule has 0 saturated heterocycles.